The molecule has 1 aliphatic rings. The van der Waals surface area contributed by atoms with Gasteiger partial charge in [-0.05, 0) is 24.3 Å². The number of hydrogen-bond donors (Lipinski definition) is 1. The summed E-state index contributed by atoms with van der Waals surface area (Å²) in [6.07, 6.45) is 1.50. The van der Waals surface area contributed by atoms with Gasteiger partial charge in [0.15, 0.2) is 10.9 Å². The highest BCUT2D eigenvalue weighted by atomic mass is 32.1. The van der Waals surface area contributed by atoms with Crippen molar-refractivity contribution in [3.05, 3.63) is 36.3 Å². The zero-order valence-electron chi connectivity index (χ0n) is 16.5. The van der Waals surface area contributed by atoms with Crippen LogP contribution in [-0.4, -0.2) is 64.5 Å². The fraction of sp³-hybridized carbons (Fsp3) is 0.400. The van der Waals surface area contributed by atoms with Gasteiger partial charge in [0.2, 0.25) is 0 Å². The minimum absolute atomic E-state index is 0.209. The number of ether oxygens (including phenoxy) is 3. The third-order valence-electron chi connectivity index (χ3n) is 5.00. The van der Waals surface area contributed by atoms with E-state index in [1.54, 1.807) is 31.3 Å². The minimum Gasteiger partial charge on any atom is -0.495 e. The van der Waals surface area contributed by atoms with Crippen LogP contribution in [0.5, 0.6) is 11.5 Å². The van der Waals surface area contributed by atoms with E-state index in [4.69, 9.17) is 23.6 Å². The Morgan fingerprint density at radius 1 is 1.21 bits per heavy atom. The summed E-state index contributed by atoms with van der Waals surface area (Å²) < 4.78 is 22.6. The summed E-state index contributed by atoms with van der Waals surface area (Å²) in [5.74, 6) is 1.43. The number of amides is 1. The lowest BCUT2D eigenvalue weighted by molar-refractivity contribution is -0.906. The van der Waals surface area contributed by atoms with Crippen LogP contribution in [0.2, 0.25) is 0 Å². The molecule has 3 heterocycles. The van der Waals surface area contributed by atoms with Gasteiger partial charge < -0.3 is 23.5 Å². The number of hydrogen-bond acceptors (Lipinski definition) is 7. The number of anilines is 1. The maximum atomic E-state index is 13.2. The number of rotatable bonds is 7. The van der Waals surface area contributed by atoms with Crippen molar-refractivity contribution in [2.24, 2.45) is 0 Å². The number of aromatic nitrogens is 1. The quantitative estimate of drug-likeness (QED) is 0.626. The molecule has 3 aromatic rings. The van der Waals surface area contributed by atoms with Gasteiger partial charge in [0.05, 0.1) is 46.8 Å². The van der Waals surface area contributed by atoms with Crippen molar-refractivity contribution in [3.8, 4) is 11.5 Å². The molecular weight excluding hydrogens is 394 g/mol. The molecule has 1 fully saturated rings. The first kappa shape index (κ1) is 19.7. The molecule has 0 bridgehead atoms. The van der Waals surface area contributed by atoms with Crippen LogP contribution in [0.4, 0.5) is 5.13 Å². The van der Waals surface area contributed by atoms with Crippen LogP contribution in [-0.2, 0) is 4.74 Å². The fourth-order valence-corrected chi connectivity index (χ4v) is 4.49. The van der Waals surface area contributed by atoms with Crippen LogP contribution >= 0.6 is 11.3 Å². The monoisotopic (exact) mass is 418 g/mol. The second-order valence-electron chi connectivity index (χ2n) is 6.69. The van der Waals surface area contributed by atoms with Crippen LogP contribution < -0.4 is 19.3 Å². The first-order valence-electron chi connectivity index (χ1n) is 9.49. The van der Waals surface area contributed by atoms with Crippen LogP contribution in [0.1, 0.15) is 10.6 Å². The molecule has 29 heavy (non-hydrogen) atoms. The summed E-state index contributed by atoms with van der Waals surface area (Å²) >= 11 is 1.41. The summed E-state index contributed by atoms with van der Waals surface area (Å²) in [6, 6.07) is 7.05. The van der Waals surface area contributed by atoms with Gasteiger partial charge in [-0.25, -0.2) is 4.98 Å². The second-order valence-corrected chi connectivity index (χ2v) is 7.67. The number of quaternary nitrogens is 1. The number of morpholine rings is 1. The molecule has 0 radical (unpaired) electrons. The third-order valence-corrected chi connectivity index (χ3v) is 6.09. The Kier molecular flexibility index (Phi) is 5.98. The van der Waals surface area contributed by atoms with Crippen molar-refractivity contribution >= 4 is 32.6 Å². The van der Waals surface area contributed by atoms with Crippen molar-refractivity contribution in [1.82, 2.24) is 4.98 Å². The van der Waals surface area contributed by atoms with Crippen LogP contribution in [0.15, 0.2) is 34.9 Å². The van der Waals surface area contributed by atoms with Crippen LogP contribution in [0.3, 0.4) is 0 Å². The first-order chi connectivity index (χ1) is 14.2. The highest BCUT2D eigenvalue weighted by molar-refractivity contribution is 7.22. The number of carbonyl (C=O) groups excluding carboxylic acids is 1. The summed E-state index contributed by atoms with van der Waals surface area (Å²) in [6.45, 7) is 4.70. The molecule has 1 aliphatic heterocycles. The highest BCUT2D eigenvalue weighted by Gasteiger charge is 2.27. The molecular formula is C20H24N3O5S+. The number of fused-ring (bicyclic) bond motifs is 1. The summed E-state index contributed by atoms with van der Waals surface area (Å²) in [4.78, 5) is 21.0. The molecule has 2 aromatic heterocycles. The van der Waals surface area contributed by atoms with E-state index in [1.165, 1.54) is 22.5 Å². The van der Waals surface area contributed by atoms with Gasteiger partial charge in [-0.15, -0.1) is 0 Å². The molecule has 0 atom stereocenters. The fourth-order valence-electron chi connectivity index (χ4n) is 3.39. The Morgan fingerprint density at radius 3 is 2.66 bits per heavy atom. The summed E-state index contributed by atoms with van der Waals surface area (Å²) in [5, 5.41) is 0.594. The van der Waals surface area contributed by atoms with Crippen LogP contribution in [0, 0.1) is 0 Å². The van der Waals surface area contributed by atoms with Crippen molar-refractivity contribution < 1.29 is 28.3 Å². The molecule has 0 spiro atoms. The van der Waals surface area contributed by atoms with E-state index >= 15 is 0 Å². The van der Waals surface area contributed by atoms with Gasteiger partial charge in [-0.3, -0.25) is 9.69 Å². The van der Waals surface area contributed by atoms with Crippen molar-refractivity contribution in [3.63, 3.8) is 0 Å². The van der Waals surface area contributed by atoms with Gasteiger partial charge in [-0.1, -0.05) is 11.3 Å². The van der Waals surface area contributed by atoms with Crippen molar-refractivity contribution in [1.29, 1.82) is 0 Å². The van der Waals surface area contributed by atoms with Gasteiger partial charge in [0.1, 0.15) is 34.8 Å². The van der Waals surface area contributed by atoms with E-state index < -0.39 is 0 Å². The smallest absolute Gasteiger partial charge is 0.295 e. The number of carbonyl (C=O) groups is 1. The van der Waals surface area contributed by atoms with E-state index in [0.717, 1.165) is 37.5 Å². The average molecular weight is 418 g/mol. The molecule has 4 rings (SSSR count). The molecule has 1 aromatic carbocycles. The summed E-state index contributed by atoms with van der Waals surface area (Å²) in [5.41, 5.74) is 0.683. The predicted octanol–water partition coefficient (Wildman–Crippen LogP) is 1.47. The maximum absolute atomic E-state index is 13.2. The standard InChI is InChI=1S/C20H23N3O5S/c1-25-14-5-6-15(26-2)18-17(14)21-20(29-18)23(19(24)16-4-3-11-28-16)8-7-22-9-12-27-13-10-22/h3-6,11H,7-10,12-13H2,1-2H3/p+1. The molecule has 1 saturated heterocycles. The summed E-state index contributed by atoms with van der Waals surface area (Å²) in [7, 11) is 3.22. The first-order valence-corrected chi connectivity index (χ1v) is 10.3. The zero-order chi connectivity index (χ0) is 20.2. The lowest BCUT2D eigenvalue weighted by Gasteiger charge is -2.26. The Morgan fingerprint density at radius 2 is 1.97 bits per heavy atom. The topological polar surface area (TPSA) is 78.5 Å². The number of benzene rings is 1. The average Bonchev–Trinajstić information content (AvgIpc) is 3.44. The molecule has 0 aliphatic carbocycles. The Labute approximate surface area is 172 Å². The van der Waals surface area contributed by atoms with E-state index in [0.29, 0.717) is 34.5 Å². The molecule has 9 heteroatoms. The molecule has 0 unspecified atom stereocenters. The van der Waals surface area contributed by atoms with Gasteiger partial charge in [0.25, 0.3) is 5.91 Å². The number of furan rings is 1. The Hall–Kier alpha value is -2.62. The van der Waals surface area contributed by atoms with Gasteiger partial charge >= 0.3 is 0 Å². The predicted molar refractivity (Wildman–Crippen MR) is 109 cm³/mol. The molecule has 1 amide bonds. The molecule has 8 nitrogen and oxygen atoms in total. The van der Waals surface area contributed by atoms with Crippen LogP contribution in [0.25, 0.3) is 10.2 Å². The molecule has 1 N–H and O–H groups in total. The Bertz CT molecular complexity index is 925. The largest absolute Gasteiger partial charge is 0.495 e. The number of thiazole rings is 1. The Balaban J connectivity index is 1.68. The lowest BCUT2D eigenvalue weighted by Crippen LogP contribution is -3.14. The van der Waals surface area contributed by atoms with Crippen molar-refractivity contribution in [2.75, 3.05) is 58.5 Å². The number of nitrogens with one attached hydrogen (secondary N) is 1. The highest BCUT2D eigenvalue weighted by Crippen LogP contribution is 2.40. The van der Waals surface area contributed by atoms with E-state index in [9.17, 15) is 4.79 Å². The normalized spacial score (nSPS) is 14.8. The van der Waals surface area contributed by atoms with E-state index in [2.05, 4.69) is 0 Å². The zero-order valence-corrected chi connectivity index (χ0v) is 17.3. The van der Waals surface area contributed by atoms with E-state index in [1.807, 2.05) is 12.1 Å². The lowest BCUT2D eigenvalue weighted by atomic mass is 10.3. The SMILES string of the molecule is COc1ccc(OC)c2sc(N(CC[NH+]3CCOCC3)C(=O)c3ccco3)nc12. The van der Waals surface area contributed by atoms with Gasteiger partial charge in [-0.2, -0.15) is 0 Å². The number of nitrogens with zero attached hydrogens (tertiary/aromatic N) is 2. The third kappa shape index (κ3) is 4.07. The molecule has 154 valence electrons. The second kappa shape index (κ2) is 8.81. The maximum Gasteiger partial charge on any atom is 0.295 e. The van der Waals surface area contributed by atoms with Gasteiger partial charge in [0, 0.05) is 0 Å². The number of methoxy groups -OCH3 is 2. The minimum atomic E-state index is -0.209. The van der Waals surface area contributed by atoms with E-state index in [-0.39, 0.29) is 5.91 Å². The van der Waals surface area contributed by atoms with Crippen molar-refractivity contribution in [2.45, 2.75) is 0 Å². The molecule has 0 saturated carbocycles.